The molecule has 0 saturated heterocycles. The fourth-order valence-electron chi connectivity index (χ4n) is 2.75. The zero-order valence-electron chi connectivity index (χ0n) is 13.2. The van der Waals surface area contributed by atoms with Crippen molar-refractivity contribution in [3.8, 4) is 5.75 Å². The maximum atomic E-state index is 11.7. The topological polar surface area (TPSA) is 38.3 Å². The number of carbonyl (C=O) groups excluding carboxylic acids is 1. The Morgan fingerprint density at radius 3 is 2.76 bits per heavy atom. The zero-order chi connectivity index (χ0) is 15.1. The molecule has 1 N–H and O–H groups in total. The Kier molecular flexibility index (Phi) is 6.09. The van der Waals surface area contributed by atoms with Crippen LogP contribution >= 0.6 is 0 Å². The lowest BCUT2D eigenvalue weighted by Gasteiger charge is -2.23. The van der Waals surface area contributed by atoms with Gasteiger partial charge in [-0.1, -0.05) is 32.4 Å². The predicted octanol–water partition coefficient (Wildman–Crippen LogP) is 4.06. The highest BCUT2D eigenvalue weighted by atomic mass is 16.5. The van der Waals surface area contributed by atoms with E-state index >= 15 is 0 Å². The van der Waals surface area contributed by atoms with Gasteiger partial charge in [0.2, 0.25) is 5.91 Å². The van der Waals surface area contributed by atoms with Gasteiger partial charge in [-0.15, -0.1) is 0 Å². The first-order chi connectivity index (χ1) is 10.1. The van der Waals surface area contributed by atoms with Crippen molar-refractivity contribution in [3.05, 3.63) is 29.8 Å². The van der Waals surface area contributed by atoms with Crippen LogP contribution in [0.3, 0.4) is 0 Å². The summed E-state index contributed by atoms with van der Waals surface area (Å²) in [5.41, 5.74) is 1.10. The van der Waals surface area contributed by atoms with Gasteiger partial charge < -0.3 is 10.1 Å². The molecule has 0 heterocycles. The third kappa shape index (κ3) is 5.78. The van der Waals surface area contributed by atoms with E-state index in [1.54, 1.807) is 0 Å². The minimum Gasteiger partial charge on any atom is -0.490 e. The molecule has 0 aromatic heterocycles. The summed E-state index contributed by atoms with van der Waals surface area (Å²) in [4.78, 5) is 11.7. The first-order valence-corrected chi connectivity index (χ1v) is 8.16. The molecule has 1 aromatic carbocycles. The van der Waals surface area contributed by atoms with Gasteiger partial charge in [-0.2, -0.15) is 0 Å². The average Bonchev–Trinajstić information content (AvgIpc) is 2.46. The van der Waals surface area contributed by atoms with E-state index < -0.39 is 0 Å². The SMILES string of the molecule is CC(C)CC(=O)NCc1cccc(OC2CCCCC2)c1. The van der Waals surface area contributed by atoms with Gasteiger partial charge in [0, 0.05) is 13.0 Å². The van der Waals surface area contributed by atoms with Gasteiger partial charge in [0.1, 0.15) is 5.75 Å². The molecule has 1 aliphatic carbocycles. The van der Waals surface area contributed by atoms with Crippen molar-refractivity contribution in [1.82, 2.24) is 5.32 Å². The molecular formula is C18H27NO2. The Labute approximate surface area is 128 Å². The Morgan fingerprint density at radius 2 is 2.05 bits per heavy atom. The van der Waals surface area contributed by atoms with Crippen LogP contribution in [0.4, 0.5) is 0 Å². The Balaban J connectivity index is 1.84. The lowest BCUT2D eigenvalue weighted by molar-refractivity contribution is -0.121. The molecule has 0 unspecified atom stereocenters. The summed E-state index contributed by atoms with van der Waals surface area (Å²) in [6.07, 6.45) is 7.15. The smallest absolute Gasteiger partial charge is 0.220 e. The number of nitrogens with one attached hydrogen (secondary N) is 1. The predicted molar refractivity (Wildman–Crippen MR) is 85.2 cm³/mol. The molecule has 0 aliphatic heterocycles. The first-order valence-electron chi connectivity index (χ1n) is 8.16. The van der Waals surface area contributed by atoms with E-state index in [0.29, 0.717) is 25.0 Å². The molecule has 1 saturated carbocycles. The maximum Gasteiger partial charge on any atom is 0.220 e. The fourth-order valence-corrected chi connectivity index (χ4v) is 2.75. The molecule has 0 radical (unpaired) electrons. The quantitative estimate of drug-likeness (QED) is 0.857. The highest BCUT2D eigenvalue weighted by Gasteiger charge is 2.14. The average molecular weight is 289 g/mol. The molecule has 0 bridgehead atoms. The molecular weight excluding hydrogens is 262 g/mol. The fraction of sp³-hybridized carbons (Fsp3) is 0.611. The van der Waals surface area contributed by atoms with E-state index in [1.165, 1.54) is 19.3 Å². The lowest BCUT2D eigenvalue weighted by atomic mass is 9.98. The van der Waals surface area contributed by atoms with Crippen LogP contribution in [0.15, 0.2) is 24.3 Å². The van der Waals surface area contributed by atoms with Crippen LogP contribution in [-0.2, 0) is 11.3 Å². The van der Waals surface area contributed by atoms with Gasteiger partial charge in [-0.25, -0.2) is 0 Å². The summed E-state index contributed by atoms with van der Waals surface area (Å²) in [6.45, 7) is 4.68. The third-order valence-corrected chi connectivity index (χ3v) is 3.84. The lowest BCUT2D eigenvalue weighted by Crippen LogP contribution is -2.24. The van der Waals surface area contributed by atoms with Gasteiger partial charge in [-0.3, -0.25) is 4.79 Å². The number of hydrogen-bond acceptors (Lipinski definition) is 2. The number of ether oxygens (including phenoxy) is 1. The van der Waals surface area contributed by atoms with Gasteiger partial charge >= 0.3 is 0 Å². The van der Waals surface area contributed by atoms with Gasteiger partial charge in [0.05, 0.1) is 6.10 Å². The van der Waals surface area contributed by atoms with Gasteiger partial charge in [0.15, 0.2) is 0 Å². The van der Waals surface area contributed by atoms with Crippen LogP contribution in [0.5, 0.6) is 5.75 Å². The Hall–Kier alpha value is -1.51. The summed E-state index contributed by atoms with van der Waals surface area (Å²) >= 11 is 0. The molecule has 1 amide bonds. The van der Waals surface area contributed by atoms with E-state index in [9.17, 15) is 4.79 Å². The summed E-state index contributed by atoms with van der Waals surface area (Å²) in [5, 5.41) is 2.97. The third-order valence-electron chi connectivity index (χ3n) is 3.84. The maximum absolute atomic E-state index is 11.7. The monoisotopic (exact) mass is 289 g/mol. The van der Waals surface area contributed by atoms with E-state index in [0.717, 1.165) is 24.2 Å². The standard InChI is InChI=1S/C18H27NO2/c1-14(2)11-18(20)19-13-15-7-6-10-17(12-15)21-16-8-4-3-5-9-16/h6-7,10,12,14,16H,3-5,8-9,11,13H2,1-2H3,(H,19,20). The van der Waals surface area contributed by atoms with E-state index in [2.05, 4.69) is 19.2 Å². The van der Waals surface area contributed by atoms with Crippen LogP contribution in [-0.4, -0.2) is 12.0 Å². The number of carbonyl (C=O) groups is 1. The molecule has 116 valence electrons. The van der Waals surface area contributed by atoms with Crippen molar-refractivity contribution >= 4 is 5.91 Å². The number of benzene rings is 1. The molecule has 2 rings (SSSR count). The largest absolute Gasteiger partial charge is 0.490 e. The summed E-state index contributed by atoms with van der Waals surface area (Å²) < 4.78 is 6.05. The van der Waals surface area contributed by atoms with E-state index in [-0.39, 0.29) is 5.91 Å². The van der Waals surface area contributed by atoms with Crippen molar-refractivity contribution in [1.29, 1.82) is 0 Å². The summed E-state index contributed by atoms with van der Waals surface area (Å²) in [6, 6.07) is 8.09. The van der Waals surface area contributed by atoms with Crippen LogP contribution in [0.2, 0.25) is 0 Å². The van der Waals surface area contributed by atoms with Crippen LogP contribution < -0.4 is 10.1 Å². The zero-order valence-corrected chi connectivity index (χ0v) is 13.2. The molecule has 3 heteroatoms. The Morgan fingerprint density at radius 1 is 1.29 bits per heavy atom. The molecule has 0 atom stereocenters. The van der Waals surface area contributed by atoms with Crippen LogP contribution in [0.1, 0.15) is 57.9 Å². The number of rotatable bonds is 6. The second-order valence-electron chi connectivity index (χ2n) is 6.40. The molecule has 21 heavy (non-hydrogen) atoms. The van der Waals surface area contributed by atoms with Crippen LogP contribution in [0.25, 0.3) is 0 Å². The highest BCUT2D eigenvalue weighted by molar-refractivity contribution is 5.76. The Bertz CT molecular complexity index is 450. The van der Waals surface area contributed by atoms with Gasteiger partial charge in [0.25, 0.3) is 0 Å². The minimum absolute atomic E-state index is 0.114. The first kappa shape index (κ1) is 15.9. The second-order valence-corrected chi connectivity index (χ2v) is 6.40. The normalized spacial score (nSPS) is 16.0. The summed E-state index contributed by atoms with van der Waals surface area (Å²) in [5.74, 6) is 1.44. The molecule has 1 fully saturated rings. The van der Waals surface area contributed by atoms with Crippen LogP contribution in [0, 0.1) is 5.92 Å². The molecule has 0 spiro atoms. The van der Waals surface area contributed by atoms with Crippen molar-refractivity contribution in [2.24, 2.45) is 5.92 Å². The van der Waals surface area contributed by atoms with Crippen molar-refractivity contribution < 1.29 is 9.53 Å². The second kappa shape index (κ2) is 8.06. The van der Waals surface area contributed by atoms with Gasteiger partial charge in [-0.05, 0) is 49.3 Å². The van der Waals surface area contributed by atoms with Crippen molar-refractivity contribution in [3.63, 3.8) is 0 Å². The molecule has 1 aromatic rings. The molecule has 1 aliphatic rings. The number of hydrogen-bond donors (Lipinski definition) is 1. The summed E-state index contributed by atoms with van der Waals surface area (Å²) in [7, 11) is 0. The van der Waals surface area contributed by atoms with Crippen molar-refractivity contribution in [2.75, 3.05) is 0 Å². The molecule has 3 nitrogen and oxygen atoms in total. The van der Waals surface area contributed by atoms with E-state index in [4.69, 9.17) is 4.74 Å². The minimum atomic E-state index is 0.114. The highest BCUT2D eigenvalue weighted by Crippen LogP contribution is 2.23. The number of amides is 1. The van der Waals surface area contributed by atoms with Crippen molar-refractivity contribution in [2.45, 2.75) is 65.0 Å². The van der Waals surface area contributed by atoms with E-state index in [1.807, 2.05) is 24.3 Å².